The van der Waals surface area contributed by atoms with Gasteiger partial charge in [-0.05, 0) is 83.3 Å². The molecular formula is C70H46N8S. The van der Waals surface area contributed by atoms with Gasteiger partial charge in [-0.1, -0.05) is 194 Å². The van der Waals surface area contributed by atoms with Crippen molar-refractivity contribution < 1.29 is 0 Å². The zero-order valence-electron chi connectivity index (χ0n) is 42.6. The second-order valence-corrected chi connectivity index (χ2v) is 21.3. The van der Waals surface area contributed by atoms with Gasteiger partial charge in [0.15, 0.2) is 23.3 Å². The number of nitrogens with zero attached hydrogens (tertiary/aromatic N) is 7. The van der Waals surface area contributed by atoms with Crippen molar-refractivity contribution in [3.63, 3.8) is 0 Å². The molecule has 1 unspecified atom stereocenters. The maximum Gasteiger partial charge on any atom is 0.166 e. The summed E-state index contributed by atoms with van der Waals surface area (Å²) in [5.74, 6) is 3.06. The molecule has 8 nitrogen and oxygen atoms in total. The van der Waals surface area contributed by atoms with Gasteiger partial charge in [0.1, 0.15) is 12.0 Å². The maximum absolute atomic E-state index is 5.49. The van der Waals surface area contributed by atoms with E-state index in [2.05, 4.69) is 196 Å². The molecular weight excluding hydrogens is 985 g/mol. The van der Waals surface area contributed by atoms with E-state index in [-0.39, 0.29) is 6.17 Å². The molecule has 0 fully saturated rings. The van der Waals surface area contributed by atoms with Crippen LogP contribution in [-0.2, 0) is 6.42 Å². The van der Waals surface area contributed by atoms with Crippen molar-refractivity contribution in [2.75, 3.05) is 0 Å². The first-order chi connectivity index (χ1) is 39.2. The number of hydrogen-bond acceptors (Lipinski definition) is 7. The molecule has 0 radical (unpaired) electrons. The molecule has 1 N–H and O–H groups in total. The van der Waals surface area contributed by atoms with Crippen LogP contribution in [0, 0.1) is 0 Å². The average molecular weight is 1030 g/mol. The SMILES string of the molecule is C1=Cc2c(c3c4sc5ccccc5c4c4c(c5ccccc5n4-c4ccc5ccccc5c4)c3n2-c2ccc(C3=NC(c4ccccc4)NC(c4ccccc4)=N3)cc2-c2nc(-c3ccccc3)nc(-c3ccccc3)n2)CC1. The molecule has 4 aromatic heterocycles. The van der Waals surface area contributed by atoms with Crippen LogP contribution in [-0.4, -0.2) is 35.8 Å². The van der Waals surface area contributed by atoms with E-state index in [1.807, 2.05) is 72.0 Å². The van der Waals surface area contributed by atoms with Gasteiger partial charge in [0.2, 0.25) is 0 Å². The van der Waals surface area contributed by atoms with Crippen LogP contribution in [0.5, 0.6) is 0 Å². The molecule has 0 saturated carbocycles. The Labute approximate surface area is 458 Å². The second-order valence-electron chi connectivity index (χ2n) is 20.3. The van der Waals surface area contributed by atoms with Gasteiger partial charge in [-0.3, -0.25) is 0 Å². The van der Waals surface area contributed by atoms with Crippen LogP contribution < -0.4 is 5.32 Å². The molecule has 16 rings (SSSR count). The lowest BCUT2D eigenvalue weighted by molar-refractivity contribution is 0.674. The van der Waals surface area contributed by atoms with Crippen LogP contribution in [0.25, 0.3) is 115 Å². The number of thiophene rings is 1. The fraction of sp³-hybridized carbons (Fsp3) is 0.0429. The van der Waals surface area contributed by atoms with Crippen LogP contribution >= 0.6 is 11.3 Å². The minimum Gasteiger partial charge on any atom is -0.344 e. The first-order valence-electron chi connectivity index (χ1n) is 26.8. The van der Waals surface area contributed by atoms with Crippen molar-refractivity contribution in [2.45, 2.75) is 19.0 Å². The predicted octanol–water partition coefficient (Wildman–Crippen LogP) is 16.9. The summed E-state index contributed by atoms with van der Waals surface area (Å²) in [5, 5.41) is 12.3. The Hall–Kier alpha value is -10.1. The molecule has 0 spiro atoms. The number of nitrogens with one attached hydrogen (secondary N) is 1. The highest BCUT2D eigenvalue weighted by atomic mass is 32.1. The van der Waals surface area contributed by atoms with Crippen LogP contribution in [0.4, 0.5) is 0 Å². The molecule has 5 heterocycles. The van der Waals surface area contributed by atoms with E-state index >= 15 is 0 Å². The third-order valence-corrected chi connectivity index (χ3v) is 16.8. The van der Waals surface area contributed by atoms with E-state index in [1.165, 1.54) is 58.2 Å². The molecule has 0 bridgehead atoms. The summed E-state index contributed by atoms with van der Waals surface area (Å²) in [6.07, 6.45) is 6.13. The normalized spacial score (nSPS) is 14.3. The molecule has 1 aliphatic carbocycles. The summed E-state index contributed by atoms with van der Waals surface area (Å²) < 4.78 is 7.61. The van der Waals surface area contributed by atoms with Gasteiger partial charge in [-0.15, -0.1) is 11.3 Å². The summed E-state index contributed by atoms with van der Waals surface area (Å²) >= 11 is 1.90. The number of aromatic nitrogens is 5. The topological polar surface area (TPSA) is 85.3 Å². The highest BCUT2D eigenvalue weighted by Gasteiger charge is 2.31. The Kier molecular flexibility index (Phi) is 10.5. The van der Waals surface area contributed by atoms with Crippen molar-refractivity contribution in [3.05, 3.63) is 265 Å². The predicted molar refractivity (Wildman–Crippen MR) is 327 cm³/mol. The summed E-state index contributed by atoms with van der Waals surface area (Å²) in [7, 11) is 0. The molecule has 1 aliphatic heterocycles. The third-order valence-electron chi connectivity index (χ3n) is 15.7. The number of fused-ring (bicyclic) bond motifs is 13. The molecule has 14 aromatic rings. The minimum atomic E-state index is -0.388. The maximum atomic E-state index is 5.49. The van der Waals surface area contributed by atoms with Crippen molar-refractivity contribution in [1.82, 2.24) is 29.4 Å². The number of amidine groups is 2. The van der Waals surface area contributed by atoms with Gasteiger partial charge >= 0.3 is 0 Å². The van der Waals surface area contributed by atoms with Crippen LogP contribution in [0.3, 0.4) is 0 Å². The Balaban J connectivity index is 1.05. The zero-order valence-corrected chi connectivity index (χ0v) is 43.4. The third kappa shape index (κ3) is 7.38. The molecule has 9 heteroatoms. The van der Waals surface area contributed by atoms with Crippen LogP contribution in [0.1, 0.15) is 40.5 Å². The quantitative estimate of drug-likeness (QED) is 0.164. The van der Waals surface area contributed by atoms with Crippen molar-refractivity contribution >= 4 is 92.7 Å². The van der Waals surface area contributed by atoms with Crippen LogP contribution in [0.2, 0.25) is 0 Å². The number of hydrogen-bond donors (Lipinski definition) is 1. The largest absolute Gasteiger partial charge is 0.344 e. The molecule has 0 saturated heterocycles. The average Bonchev–Trinajstić information content (AvgIpc) is 4.23. The first-order valence-corrected chi connectivity index (χ1v) is 27.6. The minimum absolute atomic E-state index is 0.388. The Morgan fingerprint density at radius 1 is 0.494 bits per heavy atom. The number of aliphatic imine (C=N–C) groups is 2. The highest BCUT2D eigenvalue weighted by Crippen LogP contribution is 2.52. The zero-order chi connectivity index (χ0) is 52.0. The lowest BCUT2D eigenvalue weighted by Gasteiger charge is -2.24. The van der Waals surface area contributed by atoms with Gasteiger partial charge < -0.3 is 14.5 Å². The summed E-state index contributed by atoms with van der Waals surface area (Å²) in [6.45, 7) is 0. The van der Waals surface area contributed by atoms with Crippen molar-refractivity contribution in [1.29, 1.82) is 0 Å². The fourth-order valence-electron chi connectivity index (χ4n) is 12.1. The summed E-state index contributed by atoms with van der Waals surface area (Å²) in [5.41, 5.74) is 13.5. The first kappa shape index (κ1) is 45.1. The van der Waals surface area contributed by atoms with E-state index in [1.54, 1.807) is 0 Å². The summed E-state index contributed by atoms with van der Waals surface area (Å²) in [4.78, 5) is 26.9. The van der Waals surface area contributed by atoms with E-state index in [9.17, 15) is 0 Å². The van der Waals surface area contributed by atoms with Crippen LogP contribution in [0.15, 0.2) is 247 Å². The van der Waals surface area contributed by atoms with E-state index < -0.39 is 0 Å². The summed E-state index contributed by atoms with van der Waals surface area (Å²) in [6, 6.07) is 81.3. The smallest absolute Gasteiger partial charge is 0.166 e. The van der Waals surface area contributed by atoms with Crippen molar-refractivity contribution in [3.8, 4) is 45.5 Å². The second kappa shape index (κ2) is 18.3. The number of allylic oxidation sites excluding steroid dienone is 1. The van der Waals surface area contributed by atoms with Gasteiger partial charge in [-0.25, -0.2) is 24.9 Å². The van der Waals surface area contributed by atoms with Gasteiger partial charge in [0, 0.05) is 75.5 Å². The molecule has 10 aromatic carbocycles. The molecule has 2 aliphatic rings. The monoisotopic (exact) mass is 1030 g/mol. The standard InChI is InChI=1S/C70H46N8S/c1-5-22-44(23-6-1)65-71-66(45-24-7-2-8-25-45)74-69(73-65)49-38-40-57(54(42-49)70-75-67(46-26-9-3-10-27-46)72-68(76-70)47-28-11-4-12-29-47)78-56-35-19-16-32-52(56)60-63(78)59-51-31-15-18-34-55(51)77(50-39-37-43-21-13-14-30-48(43)41-50)62(59)61-53-33-17-20-36-58(53)79-64(60)61/h1-15,17-31,33-42,65H,16,32H2,(H,71,73,74). The number of para-hydroxylation sites is 1. The number of benzene rings is 10. The highest BCUT2D eigenvalue weighted by molar-refractivity contribution is 7.27. The molecule has 1 atom stereocenters. The van der Waals surface area contributed by atoms with Gasteiger partial charge in [0.25, 0.3) is 0 Å². The molecule has 79 heavy (non-hydrogen) atoms. The Morgan fingerprint density at radius 3 is 1.89 bits per heavy atom. The number of aryl methyl sites for hydroxylation is 1. The fourth-order valence-corrected chi connectivity index (χ4v) is 13.4. The lowest BCUT2D eigenvalue weighted by atomic mass is 9.97. The number of rotatable bonds is 8. The molecule has 372 valence electrons. The molecule has 0 amide bonds. The van der Waals surface area contributed by atoms with E-state index in [0.29, 0.717) is 23.3 Å². The van der Waals surface area contributed by atoms with Crippen molar-refractivity contribution in [2.24, 2.45) is 9.98 Å². The lowest BCUT2D eigenvalue weighted by Crippen LogP contribution is -2.33. The Bertz CT molecular complexity index is 4800. The van der Waals surface area contributed by atoms with Gasteiger partial charge in [-0.2, -0.15) is 0 Å². The Morgan fingerprint density at radius 2 is 1.13 bits per heavy atom. The van der Waals surface area contributed by atoms with E-state index in [4.69, 9.17) is 24.9 Å². The van der Waals surface area contributed by atoms with Gasteiger partial charge in [0.05, 0.1) is 22.2 Å². The van der Waals surface area contributed by atoms with E-state index in [0.717, 1.165) is 80.2 Å².